The van der Waals surface area contributed by atoms with Gasteiger partial charge in [0, 0.05) is 5.33 Å². The highest BCUT2D eigenvalue weighted by Gasteiger charge is 2.07. The molecule has 0 aromatic heterocycles. The summed E-state index contributed by atoms with van der Waals surface area (Å²) in [4.78, 5) is 0. The number of aliphatic hydroxyl groups excluding tert-OH is 1. The summed E-state index contributed by atoms with van der Waals surface area (Å²) in [5, 5.41) is 10.3. The van der Waals surface area contributed by atoms with Gasteiger partial charge < -0.3 is 5.11 Å². The van der Waals surface area contributed by atoms with Crippen LogP contribution in [0.3, 0.4) is 0 Å². The van der Waals surface area contributed by atoms with Gasteiger partial charge in [-0.3, -0.25) is 0 Å². The van der Waals surface area contributed by atoms with E-state index in [1.807, 2.05) is 0 Å². The summed E-state index contributed by atoms with van der Waals surface area (Å²) in [5.74, 6) is 0. The molecule has 0 heterocycles. The Morgan fingerprint density at radius 2 is 1.64 bits per heavy atom. The van der Waals surface area contributed by atoms with Crippen molar-refractivity contribution in [2.24, 2.45) is 0 Å². The third-order valence-corrected chi connectivity index (χ3v) is 3.04. The highest BCUT2D eigenvalue weighted by atomic mass is 79.9. The van der Waals surface area contributed by atoms with Crippen LogP contribution in [-0.4, -0.2) is 10.4 Å². The number of rotatable bonds is 4. The Morgan fingerprint density at radius 3 is 2.00 bits per heavy atom. The fourth-order valence-corrected chi connectivity index (χ4v) is 1.85. The zero-order chi connectivity index (χ0) is 10.6. The highest BCUT2D eigenvalue weighted by Crippen LogP contribution is 2.19. The van der Waals surface area contributed by atoms with Crippen molar-refractivity contribution in [1.82, 2.24) is 0 Å². The molecule has 0 amide bonds. The maximum atomic E-state index is 9.72. The molecule has 0 radical (unpaired) electrons. The van der Waals surface area contributed by atoms with Crippen LogP contribution in [-0.2, 0) is 12.8 Å². The summed E-state index contributed by atoms with van der Waals surface area (Å²) in [7, 11) is 0. The number of halogens is 1. The van der Waals surface area contributed by atoms with Gasteiger partial charge in [0.1, 0.15) is 0 Å². The fourth-order valence-electron chi connectivity index (χ4n) is 1.48. The Balaban J connectivity index is 3.04. The molecule has 2 heteroatoms. The van der Waals surface area contributed by atoms with Gasteiger partial charge in [0.05, 0.1) is 6.10 Å². The first kappa shape index (κ1) is 11.7. The van der Waals surface area contributed by atoms with E-state index in [9.17, 15) is 5.11 Å². The lowest BCUT2D eigenvalue weighted by Crippen LogP contribution is -2.00. The molecule has 0 aliphatic heterocycles. The number of aryl methyl sites for hydroxylation is 2. The largest absolute Gasteiger partial charge is 0.388 e. The van der Waals surface area contributed by atoms with Crippen LogP contribution in [0.1, 0.15) is 36.6 Å². The van der Waals surface area contributed by atoms with Crippen molar-refractivity contribution < 1.29 is 5.11 Å². The molecule has 0 saturated heterocycles. The molecule has 0 saturated carbocycles. The molecule has 14 heavy (non-hydrogen) atoms. The Hall–Kier alpha value is -0.340. The fraction of sp³-hybridized carbons (Fsp3) is 0.500. The van der Waals surface area contributed by atoms with E-state index in [-0.39, 0.29) is 6.10 Å². The Morgan fingerprint density at radius 1 is 1.14 bits per heavy atom. The van der Waals surface area contributed by atoms with E-state index in [2.05, 4.69) is 48.0 Å². The number of benzene rings is 1. The molecular formula is C12H17BrO. The van der Waals surface area contributed by atoms with Crippen LogP contribution in [0.15, 0.2) is 18.2 Å². The van der Waals surface area contributed by atoms with Gasteiger partial charge in [-0.25, -0.2) is 0 Å². The first-order valence-corrected chi connectivity index (χ1v) is 6.20. The molecule has 1 rings (SSSR count). The first-order chi connectivity index (χ1) is 6.71. The zero-order valence-corrected chi connectivity index (χ0v) is 10.3. The predicted octanol–water partition coefficient (Wildman–Crippen LogP) is 3.24. The maximum Gasteiger partial charge on any atom is 0.0886 e. The third kappa shape index (κ3) is 2.82. The summed E-state index contributed by atoms with van der Waals surface area (Å²) < 4.78 is 0. The van der Waals surface area contributed by atoms with Crippen LogP contribution in [0.2, 0.25) is 0 Å². The molecule has 0 fully saturated rings. The Bertz CT molecular complexity index is 274. The van der Waals surface area contributed by atoms with Gasteiger partial charge >= 0.3 is 0 Å². The Kier molecular flexibility index (Phi) is 4.63. The quantitative estimate of drug-likeness (QED) is 0.821. The summed E-state index contributed by atoms with van der Waals surface area (Å²) >= 11 is 3.29. The summed E-state index contributed by atoms with van der Waals surface area (Å²) in [6, 6.07) is 6.39. The van der Waals surface area contributed by atoms with Crippen molar-refractivity contribution in [3.8, 4) is 0 Å². The van der Waals surface area contributed by atoms with Crippen LogP contribution in [0, 0.1) is 0 Å². The molecule has 1 N–H and O–H groups in total. The van der Waals surface area contributed by atoms with Crippen molar-refractivity contribution in [3.05, 3.63) is 34.9 Å². The molecule has 1 unspecified atom stereocenters. The van der Waals surface area contributed by atoms with Crippen LogP contribution >= 0.6 is 15.9 Å². The monoisotopic (exact) mass is 256 g/mol. The van der Waals surface area contributed by atoms with Gasteiger partial charge in [-0.1, -0.05) is 48.0 Å². The van der Waals surface area contributed by atoms with Gasteiger partial charge in [-0.2, -0.15) is 0 Å². The molecule has 0 aliphatic carbocycles. The van der Waals surface area contributed by atoms with Gasteiger partial charge in [-0.05, 0) is 29.5 Å². The van der Waals surface area contributed by atoms with Gasteiger partial charge in [0.15, 0.2) is 0 Å². The molecule has 0 bridgehead atoms. The second kappa shape index (κ2) is 5.52. The minimum Gasteiger partial charge on any atom is -0.388 e. The van der Waals surface area contributed by atoms with Crippen LogP contribution in [0.4, 0.5) is 0 Å². The van der Waals surface area contributed by atoms with Crippen LogP contribution in [0.5, 0.6) is 0 Å². The number of aliphatic hydroxyl groups is 1. The van der Waals surface area contributed by atoms with Crippen molar-refractivity contribution in [1.29, 1.82) is 0 Å². The SMILES string of the molecule is CCc1cc(CC)cc(C(O)CBr)c1. The van der Waals surface area contributed by atoms with E-state index in [1.165, 1.54) is 11.1 Å². The lowest BCUT2D eigenvalue weighted by atomic mass is 10.00. The molecule has 1 nitrogen and oxygen atoms in total. The highest BCUT2D eigenvalue weighted by molar-refractivity contribution is 9.09. The molecule has 0 spiro atoms. The van der Waals surface area contributed by atoms with E-state index in [0.717, 1.165) is 18.4 Å². The standard InChI is InChI=1S/C12H17BrO/c1-3-9-5-10(4-2)7-11(6-9)12(14)8-13/h5-7,12,14H,3-4,8H2,1-2H3. The van der Waals surface area contributed by atoms with E-state index in [1.54, 1.807) is 0 Å². The van der Waals surface area contributed by atoms with Crippen molar-refractivity contribution >= 4 is 15.9 Å². The van der Waals surface area contributed by atoms with E-state index >= 15 is 0 Å². The molecule has 0 aliphatic rings. The number of alkyl halides is 1. The van der Waals surface area contributed by atoms with Gasteiger partial charge in [0.25, 0.3) is 0 Å². The summed E-state index contributed by atoms with van der Waals surface area (Å²) in [5.41, 5.74) is 3.64. The molecule has 1 atom stereocenters. The van der Waals surface area contributed by atoms with Crippen LogP contribution in [0.25, 0.3) is 0 Å². The van der Waals surface area contributed by atoms with Gasteiger partial charge in [-0.15, -0.1) is 0 Å². The molecular weight excluding hydrogens is 240 g/mol. The molecule has 1 aromatic rings. The topological polar surface area (TPSA) is 20.2 Å². The minimum absolute atomic E-state index is 0.383. The van der Waals surface area contributed by atoms with E-state index in [4.69, 9.17) is 0 Å². The van der Waals surface area contributed by atoms with E-state index < -0.39 is 0 Å². The predicted molar refractivity (Wildman–Crippen MR) is 64.0 cm³/mol. The van der Waals surface area contributed by atoms with Crippen molar-refractivity contribution in [2.45, 2.75) is 32.8 Å². The number of hydrogen-bond acceptors (Lipinski definition) is 1. The van der Waals surface area contributed by atoms with E-state index in [0.29, 0.717) is 5.33 Å². The van der Waals surface area contributed by atoms with Crippen molar-refractivity contribution in [2.75, 3.05) is 5.33 Å². The summed E-state index contributed by atoms with van der Waals surface area (Å²) in [6.45, 7) is 4.28. The first-order valence-electron chi connectivity index (χ1n) is 5.08. The maximum absolute atomic E-state index is 9.72. The van der Waals surface area contributed by atoms with Crippen LogP contribution < -0.4 is 0 Å². The van der Waals surface area contributed by atoms with Crippen molar-refractivity contribution in [3.63, 3.8) is 0 Å². The third-order valence-electron chi connectivity index (χ3n) is 2.42. The lowest BCUT2D eigenvalue weighted by molar-refractivity contribution is 0.205. The second-order valence-corrected chi connectivity index (χ2v) is 4.11. The van der Waals surface area contributed by atoms with Gasteiger partial charge in [0.2, 0.25) is 0 Å². The average Bonchev–Trinajstić information content (AvgIpc) is 2.27. The number of hydrogen-bond donors (Lipinski definition) is 1. The minimum atomic E-state index is -0.383. The average molecular weight is 257 g/mol. The normalized spacial score (nSPS) is 12.9. The molecule has 1 aromatic carbocycles. The molecule has 78 valence electrons. The Labute approximate surface area is 94.3 Å². The summed E-state index contributed by atoms with van der Waals surface area (Å²) in [6.07, 6.45) is 1.66. The zero-order valence-electron chi connectivity index (χ0n) is 8.76. The lowest BCUT2D eigenvalue weighted by Gasteiger charge is -2.11. The second-order valence-electron chi connectivity index (χ2n) is 3.46. The smallest absolute Gasteiger partial charge is 0.0886 e.